The van der Waals surface area contributed by atoms with Gasteiger partial charge in [-0.3, -0.25) is 0 Å². The third-order valence-corrected chi connectivity index (χ3v) is 3.29. The summed E-state index contributed by atoms with van der Waals surface area (Å²) < 4.78 is 5.51. The van der Waals surface area contributed by atoms with Crippen LogP contribution >= 0.6 is 0 Å². The molecular weight excluding hydrogens is 228 g/mol. The summed E-state index contributed by atoms with van der Waals surface area (Å²) in [5.74, 6) is 6.86. The average Bonchev–Trinajstić information content (AvgIpc) is 2.40. The Kier molecular flexibility index (Phi) is 4.92. The number of hydrogen-bond donors (Lipinski definition) is 2. The number of hydrogen-bond acceptors (Lipinski definition) is 5. The summed E-state index contributed by atoms with van der Waals surface area (Å²) in [6, 6.07) is 3.99. The molecule has 1 saturated heterocycles. The lowest BCUT2D eigenvalue weighted by Crippen LogP contribution is -2.31. The highest BCUT2D eigenvalue weighted by Crippen LogP contribution is 2.17. The Morgan fingerprint density at radius 1 is 1.61 bits per heavy atom. The first-order chi connectivity index (χ1) is 8.79. The van der Waals surface area contributed by atoms with E-state index in [-0.39, 0.29) is 0 Å². The normalized spacial score (nSPS) is 20.1. The van der Waals surface area contributed by atoms with Crippen LogP contribution in [0.25, 0.3) is 0 Å². The quantitative estimate of drug-likeness (QED) is 0.608. The number of aromatic nitrogens is 1. The maximum Gasteiger partial charge on any atom is 0.144 e. The Morgan fingerprint density at radius 3 is 3.22 bits per heavy atom. The van der Waals surface area contributed by atoms with Gasteiger partial charge in [-0.25, -0.2) is 10.8 Å². The second kappa shape index (κ2) is 6.68. The molecule has 1 aromatic heterocycles. The second-order valence-corrected chi connectivity index (χ2v) is 4.94. The molecule has 3 N–H and O–H groups in total. The van der Waals surface area contributed by atoms with E-state index in [0.717, 1.165) is 37.7 Å². The van der Waals surface area contributed by atoms with E-state index in [4.69, 9.17) is 10.6 Å². The molecule has 5 heteroatoms. The number of hydrazine groups is 1. The predicted octanol–water partition coefficient (Wildman–Crippen LogP) is 1.23. The highest BCUT2D eigenvalue weighted by Gasteiger charge is 2.16. The largest absolute Gasteiger partial charge is 0.381 e. The molecule has 0 aromatic carbocycles. The lowest BCUT2D eigenvalue weighted by molar-refractivity contribution is 0.0411. The maximum atomic E-state index is 5.51. The first-order valence-electron chi connectivity index (χ1n) is 6.46. The van der Waals surface area contributed by atoms with Crippen molar-refractivity contribution in [3.05, 3.63) is 23.9 Å². The third kappa shape index (κ3) is 3.66. The van der Waals surface area contributed by atoms with E-state index in [2.05, 4.69) is 28.4 Å². The van der Waals surface area contributed by atoms with Crippen molar-refractivity contribution in [3.8, 4) is 0 Å². The molecule has 0 amide bonds. The molecule has 1 fully saturated rings. The van der Waals surface area contributed by atoms with Crippen LogP contribution in [0, 0.1) is 5.92 Å². The molecule has 0 saturated carbocycles. The van der Waals surface area contributed by atoms with E-state index in [0.29, 0.717) is 5.92 Å². The number of anilines is 1. The molecule has 1 unspecified atom stereocenters. The van der Waals surface area contributed by atoms with Gasteiger partial charge in [-0.05, 0) is 31.9 Å². The third-order valence-electron chi connectivity index (χ3n) is 3.29. The SMILES string of the molecule is CN(Cc1cccnc1NN)CC1CCCOC1. The van der Waals surface area contributed by atoms with Gasteiger partial charge in [0.2, 0.25) is 0 Å². The van der Waals surface area contributed by atoms with Crippen molar-refractivity contribution >= 4 is 5.82 Å². The van der Waals surface area contributed by atoms with Gasteiger partial charge < -0.3 is 15.1 Å². The predicted molar refractivity (Wildman–Crippen MR) is 71.9 cm³/mol. The summed E-state index contributed by atoms with van der Waals surface area (Å²) in [5.41, 5.74) is 3.77. The first kappa shape index (κ1) is 13.3. The van der Waals surface area contributed by atoms with Crippen LogP contribution < -0.4 is 11.3 Å². The smallest absolute Gasteiger partial charge is 0.144 e. The van der Waals surface area contributed by atoms with Crippen molar-refractivity contribution in [2.24, 2.45) is 11.8 Å². The highest BCUT2D eigenvalue weighted by molar-refractivity contribution is 5.42. The lowest BCUT2D eigenvalue weighted by atomic mass is 10.0. The molecule has 0 aliphatic carbocycles. The second-order valence-electron chi connectivity index (χ2n) is 4.94. The highest BCUT2D eigenvalue weighted by atomic mass is 16.5. The zero-order valence-corrected chi connectivity index (χ0v) is 10.9. The van der Waals surface area contributed by atoms with Gasteiger partial charge >= 0.3 is 0 Å². The zero-order valence-electron chi connectivity index (χ0n) is 10.9. The van der Waals surface area contributed by atoms with Gasteiger partial charge in [0, 0.05) is 31.5 Å². The fraction of sp³-hybridized carbons (Fsp3) is 0.615. The van der Waals surface area contributed by atoms with Crippen LogP contribution in [0.1, 0.15) is 18.4 Å². The van der Waals surface area contributed by atoms with Crippen molar-refractivity contribution in [1.29, 1.82) is 0 Å². The number of ether oxygens (including phenoxy) is 1. The lowest BCUT2D eigenvalue weighted by Gasteiger charge is -2.27. The number of nitrogen functional groups attached to an aromatic ring is 1. The van der Waals surface area contributed by atoms with Crippen LogP contribution in [0.15, 0.2) is 18.3 Å². The molecule has 0 bridgehead atoms. The minimum absolute atomic E-state index is 0.648. The molecule has 1 aromatic rings. The summed E-state index contributed by atoms with van der Waals surface area (Å²) in [6.07, 6.45) is 4.19. The Hall–Kier alpha value is -1.17. The zero-order chi connectivity index (χ0) is 12.8. The van der Waals surface area contributed by atoms with E-state index in [1.54, 1.807) is 6.20 Å². The summed E-state index contributed by atoms with van der Waals surface area (Å²) >= 11 is 0. The Balaban J connectivity index is 1.87. The van der Waals surface area contributed by atoms with Gasteiger partial charge in [0.15, 0.2) is 0 Å². The number of pyridine rings is 1. The summed E-state index contributed by atoms with van der Waals surface area (Å²) in [7, 11) is 2.13. The number of nitrogens with two attached hydrogens (primary N) is 1. The van der Waals surface area contributed by atoms with E-state index >= 15 is 0 Å². The van der Waals surface area contributed by atoms with Crippen LogP contribution in [0.4, 0.5) is 5.82 Å². The fourth-order valence-corrected chi connectivity index (χ4v) is 2.44. The van der Waals surface area contributed by atoms with Gasteiger partial charge in [-0.1, -0.05) is 6.07 Å². The van der Waals surface area contributed by atoms with Gasteiger partial charge in [-0.2, -0.15) is 0 Å². The molecule has 1 atom stereocenters. The number of nitrogens with zero attached hydrogens (tertiary/aromatic N) is 2. The fourth-order valence-electron chi connectivity index (χ4n) is 2.44. The molecule has 2 rings (SSSR count). The summed E-state index contributed by atoms with van der Waals surface area (Å²) in [5, 5.41) is 0. The molecule has 5 nitrogen and oxygen atoms in total. The summed E-state index contributed by atoms with van der Waals surface area (Å²) in [4.78, 5) is 6.51. The monoisotopic (exact) mass is 250 g/mol. The average molecular weight is 250 g/mol. The van der Waals surface area contributed by atoms with Gasteiger partial charge in [0.25, 0.3) is 0 Å². The van der Waals surface area contributed by atoms with E-state index in [1.807, 2.05) is 6.07 Å². The summed E-state index contributed by atoms with van der Waals surface area (Å²) in [6.45, 7) is 3.71. The van der Waals surface area contributed by atoms with Gasteiger partial charge in [-0.15, -0.1) is 0 Å². The Bertz CT molecular complexity index is 366. The molecule has 100 valence electrons. The number of rotatable bonds is 5. The van der Waals surface area contributed by atoms with Crippen LogP contribution in [-0.2, 0) is 11.3 Å². The van der Waals surface area contributed by atoms with Crippen LogP contribution in [-0.4, -0.2) is 36.7 Å². The van der Waals surface area contributed by atoms with E-state index < -0.39 is 0 Å². The first-order valence-corrected chi connectivity index (χ1v) is 6.46. The Morgan fingerprint density at radius 2 is 2.50 bits per heavy atom. The Labute approximate surface area is 108 Å². The van der Waals surface area contributed by atoms with Crippen molar-refractivity contribution < 1.29 is 4.74 Å². The van der Waals surface area contributed by atoms with Crippen molar-refractivity contribution in [2.45, 2.75) is 19.4 Å². The van der Waals surface area contributed by atoms with E-state index in [9.17, 15) is 0 Å². The molecule has 2 heterocycles. The van der Waals surface area contributed by atoms with Crippen LogP contribution in [0.3, 0.4) is 0 Å². The van der Waals surface area contributed by atoms with Crippen molar-refractivity contribution in [1.82, 2.24) is 9.88 Å². The van der Waals surface area contributed by atoms with E-state index in [1.165, 1.54) is 12.8 Å². The van der Waals surface area contributed by atoms with Crippen LogP contribution in [0.5, 0.6) is 0 Å². The molecule has 1 aliphatic heterocycles. The molecule has 0 spiro atoms. The minimum atomic E-state index is 0.648. The molecule has 0 radical (unpaired) electrons. The maximum absolute atomic E-state index is 5.51. The molecule has 1 aliphatic rings. The topological polar surface area (TPSA) is 63.4 Å². The van der Waals surface area contributed by atoms with Gasteiger partial charge in [0.1, 0.15) is 5.82 Å². The van der Waals surface area contributed by atoms with Crippen molar-refractivity contribution in [2.75, 3.05) is 32.2 Å². The molecular formula is C13H22N4O. The number of nitrogens with one attached hydrogen (secondary N) is 1. The van der Waals surface area contributed by atoms with Crippen molar-refractivity contribution in [3.63, 3.8) is 0 Å². The molecule has 18 heavy (non-hydrogen) atoms. The van der Waals surface area contributed by atoms with Gasteiger partial charge in [0.05, 0.1) is 6.61 Å². The standard InChI is InChI=1S/C13H22N4O/c1-17(8-11-4-3-7-18-10-11)9-12-5-2-6-15-13(12)16-14/h2,5-6,11H,3-4,7-10,14H2,1H3,(H,15,16). The minimum Gasteiger partial charge on any atom is -0.381 e. The van der Waals surface area contributed by atoms with Crippen LogP contribution in [0.2, 0.25) is 0 Å².